The summed E-state index contributed by atoms with van der Waals surface area (Å²) in [5.74, 6) is -0.291. The van der Waals surface area contributed by atoms with Gasteiger partial charge in [0, 0.05) is 11.6 Å². The third-order valence-electron chi connectivity index (χ3n) is 3.37. The Morgan fingerprint density at radius 3 is 2.62 bits per heavy atom. The largest absolute Gasteiger partial charge is 0.489 e. The highest BCUT2D eigenvalue weighted by atomic mass is 19.1. The van der Waals surface area contributed by atoms with Gasteiger partial charge in [-0.25, -0.2) is 8.78 Å². The fraction of sp³-hybridized carbons (Fsp3) is 0.294. The van der Waals surface area contributed by atoms with Crippen LogP contribution in [-0.4, -0.2) is 6.04 Å². The summed E-state index contributed by atoms with van der Waals surface area (Å²) >= 11 is 0. The first-order valence-corrected chi connectivity index (χ1v) is 7.00. The molecule has 2 N–H and O–H groups in total. The zero-order valence-corrected chi connectivity index (χ0v) is 12.0. The van der Waals surface area contributed by atoms with Crippen LogP contribution in [0.3, 0.4) is 0 Å². The van der Waals surface area contributed by atoms with E-state index in [0.29, 0.717) is 12.2 Å². The van der Waals surface area contributed by atoms with Crippen LogP contribution in [0.4, 0.5) is 8.78 Å². The van der Waals surface area contributed by atoms with E-state index >= 15 is 0 Å². The van der Waals surface area contributed by atoms with Gasteiger partial charge in [-0.2, -0.15) is 0 Å². The van der Waals surface area contributed by atoms with Crippen molar-refractivity contribution in [2.75, 3.05) is 0 Å². The molecular weight excluding hydrogens is 272 g/mol. The van der Waals surface area contributed by atoms with Crippen molar-refractivity contribution in [2.24, 2.45) is 5.73 Å². The van der Waals surface area contributed by atoms with Crippen LogP contribution in [-0.2, 0) is 13.0 Å². The lowest BCUT2D eigenvalue weighted by Crippen LogP contribution is -2.21. The lowest BCUT2D eigenvalue weighted by atomic mass is 10.0. The zero-order chi connectivity index (χ0) is 15.2. The Kier molecular flexibility index (Phi) is 5.28. The van der Waals surface area contributed by atoms with Crippen molar-refractivity contribution in [1.29, 1.82) is 0 Å². The van der Waals surface area contributed by atoms with Crippen LogP contribution >= 0.6 is 0 Å². The minimum Gasteiger partial charge on any atom is -0.489 e. The van der Waals surface area contributed by atoms with E-state index in [0.717, 1.165) is 30.2 Å². The smallest absolute Gasteiger partial charge is 0.130 e. The second kappa shape index (κ2) is 7.18. The van der Waals surface area contributed by atoms with Gasteiger partial charge in [-0.05, 0) is 42.7 Å². The predicted molar refractivity (Wildman–Crippen MR) is 79.1 cm³/mol. The molecule has 0 radical (unpaired) electrons. The van der Waals surface area contributed by atoms with Gasteiger partial charge in [0.1, 0.15) is 24.0 Å². The number of benzene rings is 2. The highest BCUT2D eigenvalue weighted by molar-refractivity contribution is 5.34. The molecule has 0 fully saturated rings. The van der Waals surface area contributed by atoms with E-state index in [9.17, 15) is 8.78 Å². The standard InChI is InChI=1S/C17H19F2NO/c1-2-15(20)10-12-5-3-4-6-17(12)21-11-13-9-14(18)7-8-16(13)19/h3-9,15H,2,10-11,20H2,1H3. The van der Waals surface area contributed by atoms with Gasteiger partial charge in [-0.15, -0.1) is 0 Å². The Labute approximate surface area is 123 Å². The fourth-order valence-electron chi connectivity index (χ4n) is 2.05. The summed E-state index contributed by atoms with van der Waals surface area (Å²) < 4.78 is 32.3. The topological polar surface area (TPSA) is 35.2 Å². The molecule has 2 rings (SSSR count). The number of nitrogens with two attached hydrogens (primary N) is 1. The second-order valence-corrected chi connectivity index (χ2v) is 5.00. The van der Waals surface area contributed by atoms with Gasteiger partial charge in [-0.3, -0.25) is 0 Å². The van der Waals surface area contributed by atoms with Crippen LogP contribution in [0.2, 0.25) is 0 Å². The third kappa shape index (κ3) is 4.26. The maximum absolute atomic E-state index is 13.6. The fourth-order valence-corrected chi connectivity index (χ4v) is 2.05. The number of halogens is 2. The van der Waals surface area contributed by atoms with Crippen molar-refractivity contribution in [1.82, 2.24) is 0 Å². The summed E-state index contributed by atoms with van der Waals surface area (Å²) in [5.41, 5.74) is 7.13. The maximum Gasteiger partial charge on any atom is 0.130 e. The van der Waals surface area contributed by atoms with Crippen LogP contribution in [0.5, 0.6) is 5.75 Å². The van der Waals surface area contributed by atoms with Crippen LogP contribution in [0.1, 0.15) is 24.5 Å². The van der Waals surface area contributed by atoms with Gasteiger partial charge in [0.05, 0.1) is 0 Å². The van der Waals surface area contributed by atoms with Crippen molar-refractivity contribution in [3.8, 4) is 5.75 Å². The lowest BCUT2D eigenvalue weighted by molar-refractivity contribution is 0.295. The Balaban J connectivity index is 2.11. The van der Waals surface area contributed by atoms with E-state index in [1.165, 1.54) is 0 Å². The molecule has 0 amide bonds. The van der Waals surface area contributed by atoms with Crippen molar-refractivity contribution < 1.29 is 13.5 Å². The number of hydrogen-bond acceptors (Lipinski definition) is 2. The van der Waals surface area contributed by atoms with Gasteiger partial charge in [-0.1, -0.05) is 25.1 Å². The zero-order valence-electron chi connectivity index (χ0n) is 12.0. The second-order valence-electron chi connectivity index (χ2n) is 5.00. The van der Waals surface area contributed by atoms with Crippen LogP contribution in [0, 0.1) is 11.6 Å². The van der Waals surface area contributed by atoms with E-state index in [-0.39, 0.29) is 18.2 Å². The first kappa shape index (κ1) is 15.4. The minimum absolute atomic E-state index is 0.0119. The van der Waals surface area contributed by atoms with Crippen LogP contribution in [0.15, 0.2) is 42.5 Å². The molecule has 0 saturated heterocycles. The first-order chi connectivity index (χ1) is 10.1. The summed E-state index contributed by atoms with van der Waals surface area (Å²) in [4.78, 5) is 0. The maximum atomic E-state index is 13.6. The Hall–Kier alpha value is -1.94. The van der Waals surface area contributed by atoms with Gasteiger partial charge >= 0.3 is 0 Å². The van der Waals surface area contributed by atoms with E-state index in [4.69, 9.17) is 10.5 Å². The quantitative estimate of drug-likeness (QED) is 0.878. The molecule has 0 aliphatic carbocycles. The Morgan fingerprint density at radius 1 is 1.10 bits per heavy atom. The van der Waals surface area contributed by atoms with E-state index in [2.05, 4.69) is 0 Å². The molecule has 0 bridgehead atoms. The van der Waals surface area contributed by atoms with Crippen molar-refractivity contribution in [3.63, 3.8) is 0 Å². The molecule has 4 heteroatoms. The molecule has 2 nitrogen and oxygen atoms in total. The predicted octanol–water partition coefficient (Wildman–Crippen LogP) is 3.82. The molecule has 112 valence electrons. The van der Waals surface area contributed by atoms with E-state index < -0.39 is 11.6 Å². The summed E-state index contributed by atoms with van der Waals surface area (Å²) in [6, 6.07) is 10.9. The summed E-state index contributed by atoms with van der Waals surface area (Å²) in [7, 11) is 0. The third-order valence-corrected chi connectivity index (χ3v) is 3.37. The molecule has 1 unspecified atom stereocenters. The summed E-state index contributed by atoms with van der Waals surface area (Å²) in [6.45, 7) is 2.01. The highest BCUT2D eigenvalue weighted by Gasteiger charge is 2.09. The number of para-hydroxylation sites is 1. The van der Waals surface area contributed by atoms with Crippen LogP contribution in [0.25, 0.3) is 0 Å². The Morgan fingerprint density at radius 2 is 1.86 bits per heavy atom. The molecule has 2 aromatic rings. The molecule has 0 aromatic heterocycles. The van der Waals surface area contributed by atoms with E-state index in [1.807, 2.05) is 31.2 Å². The molecule has 0 saturated carbocycles. The average molecular weight is 291 g/mol. The van der Waals surface area contributed by atoms with Gasteiger partial charge in [0.25, 0.3) is 0 Å². The van der Waals surface area contributed by atoms with Crippen molar-refractivity contribution >= 4 is 0 Å². The molecule has 0 heterocycles. The molecule has 2 aromatic carbocycles. The number of rotatable bonds is 6. The van der Waals surface area contributed by atoms with Gasteiger partial charge < -0.3 is 10.5 Å². The minimum atomic E-state index is -0.476. The molecule has 21 heavy (non-hydrogen) atoms. The van der Waals surface area contributed by atoms with Gasteiger partial charge in [0.2, 0.25) is 0 Å². The average Bonchev–Trinajstić information content (AvgIpc) is 2.49. The highest BCUT2D eigenvalue weighted by Crippen LogP contribution is 2.22. The normalized spacial score (nSPS) is 12.2. The SMILES string of the molecule is CCC(N)Cc1ccccc1OCc1cc(F)ccc1F. The molecule has 0 aliphatic rings. The monoisotopic (exact) mass is 291 g/mol. The van der Waals surface area contributed by atoms with Gasteiger partial charge in [0.15, 0.2) is 0 Å². The number of hydrogen-bond donors (Lipinski definition) is 1. The lowest BCUT2D eigenvalue weighted by Gasteiger charge is -2.14. The Bertz CT molecular complexity index is 601. The molecular formula is C17H19F2NO. The number of ether oxygens (including phenoxy) is 1. The molecule has 0 spiro atoms. The van der Waals surface area contributed by atoms with Crippen molar-refractivity contribution in [2.45, 2.75) is 32.4 Å². The van der Waals surface area contributed by atoms with Crippen molar-refractivity contribution in [3.05, 3.63) is 65.2 Å². The summed E-state index contributed by atoms with van der Waals surface area (Å²) in [6.07, 6.45) is 1.56. The summed E-state index contributed by atoms with van der Waals surface area (Å²) in [5, 5.41) is 0. The molecule has 1 atom stereocenters. The van der Waals surface area contributed by atoms with Crippen LogP contribution < -0.4 is 10.5 Å². The molecule has 0 aliphatic heterocycles. The van der Waals surface area contributed by atoms with E-state index in [1.54, 1.807) is 0 Å². The first-order valence-electron chi connectivity index (χ1n) is 7.00.